The smallest absolute Gasteiger partial charge is 0.269 e. The second-order valence-corrected chi connectivity index (χ2v) is 4.52. The first-order valence-electron chi connectivity index (χ1n) is 5.60. The monoisotopic (exact) mass is 301 g/mol. The minimum Gasteiger partial charge on any atom is -0.493 e. The van der Waals surface area contributed by atoms with Crippen molar-refractivity contribution in [3.05, 3.63) is 34.4 Å². The van der Waals surface area contributed by atoms with E-state index in [2.05, 4.69) is 22.9 Å². The first-order chi connectivity index (χ1) is 8.17. The summed E-state index contributed by atoms with van der Waals surface area (Å²) in [6, 6.07) is 6.18. The summed E-state index contributed by atoms with van der Waals surface area (Å²) in [4.78, 5) is 10.1. The molecular formula is C12H16BrNO3. The Morgan fingerprint density at radius 1 is 1.41 bits per heavy atom. The van der Waals surface area contributed by atoms with Crippen LogP contribution < -0.4 is 4.74 Å². The van der Waals surface area contributed by atoms with Crippen molar-refractivity contribution in [3.8, 4) is 5.75 Å². The Morgan fingerprint density at radius 3 is 2.53 bits per heavy atom. The third kappa shape index (κ3) is 4.73. The Bertz CT molecular complexity index is 353. The van der Waals surface area contributed by atoms with Gasteiger partial charge in [-0.1, -0.05) is 29.3 Å². The second kappa shape index (κ2) is 7.27. The van der Waals surface area contributed by atoms with Gasteiger partial charge in [0.15, 0.2) is 0 Å². The molecule has 0 radical (unpaired) electrons. The molecular weight excluding hydrogens is 286 g/mol. The molecule has 1 unspecified atom stereocenters. The molecule has 0 saturated heterocycles. The van der Waals surface area contributed by atoms with E-state index in [9.17, 15) is 10.1 Å². The average Bonchev–Trinajstić information content (AvgIpc) is 2.35. The highest BCUT2D eigenvalue weighted by Gasteiger charge is 2.08. The van der Waals surface area contributed by atoms with E-state index < -0.39 is 4.92 Å². The molecule has 4 nitrogen and oxygen atoms in total. The molecule has 1 atom stereocenters. The maximum Gasteiger partial charge on any atom is 0.269 e. The summed E-state index contributed by atoms with van der Waals surface area (Å²) in [6.45, 7) is 2.78. The van der Waals surface area contributed by atoms with Gasteiger partial charge in [-0.2, -0.15) is 0 Å². The number of hydrogen-bond donors (Lipinski definition) is 0. The van der Waals surface area contributed by atoms with Crippen LogP contribution >= 0.6 is 15.9 Å². The summed E-state index contributed by atoms with van der Waals surface area (Å²) < 4.78 is 5.59. The first-order valence-corrected chi connectivity index (χ1v) is 6.72. The van der Waals surface area contributed by atoms with Crippen LogP contribution in [0.15, 0.2) is 24.3 Å². The Balaban J connectivity index is 2.48. The normalized spacial score (nSPS) is 12.1. The van der Waals surface area contributed by atoms with Gasteiger partial charge in [0, 0.05) is 23.4 Å². The molecule has 1 aromatic rings. The minimum atomic E-state index is -0.415. The van der Waals surface area contributed by atoms with Gasteiger partial charge in [0.2, 0.25) is 0 Å². The fourth-order valence-corrected chi connectivity index (χ4v) is 2.00. The molecule has 1 rings (SSSR count). The predicted octanol–water partition coefficient (Wildman–Crippen LogP) is 3.78. The van der Waals surface area contributed by atoms with E-state index in [1.54, 1.807) is 12.1 Å². The number of nitrogens with zero attached hydrogens (tertiary/aromatic N) is 1. The summed E-state index contributed by atoms with van der Waals surface area (Å²) in [5.74, 6) is 1.16. The molecule has 0 aromatic heterocycles. The van der Waals surface area contributed by atoms with Gasteiger partial charge in [-0.15, -0.1) is 0 Å². The SMILES string of the molecule is CCCC(CBr)COc1ccc([N+](=O)[O-])cc1. The Labute approximate surface area is 109 Å². The molecule has 0 heterocycles. The topological polar surface area (TPSA) is 52.4 Å². The average molecular weight is 302 g/mol. The van der Waals surface area contributed by atoms with E-state index in [0.29, 0.717) is 18.3 Å². The van der Waals surface area contributed by atoms with Gasteiger partial charge >= 0.3 is 0 Å². The molecule has 0 spiro atoms. The van der Waals surface area contributed by atoms with E-state index in [1.807, 2.05) is 0 Å². The van der Waals surface area contributed by atoms with Crippen LogP contribution in [0, 0.1) is 16.0 Å². The number of halogens is 1. The van der Waals surface area contributed by atoms with Crippen LogP contribution in [0.4, 0.5) is 5.69 Å². The van der Waals surface area contributed by atoms with Crippen LogP contribution in [-0.4, -0.2) is 16.9 Å². The highest BCUT2D eigenvalue weighted by Crippen LogP contribution is 2.19. The highest BCUT2D eigenvalue weighted by molar-refractivity contribution is 9.09. The number of alkyl halides is 1. The molecule has 0 N–H and O–H groups in total. The number of benzene rings is 1. The molecule has 1 aromatic carbocycles. The van der Waals surface area contributed by atoms with Gasteiger partial charge in [0.25, 0.3) is 5.69 Å². The lowest BCUT2D eigenvalue weighted by atomic mass is 10.1. The van der Waals surface area contributed by atoms with Crippen molar-refractivity contribution in [2.24, 2.45) is 5.92 Å². The van der Waals surface area contributed by atoms with Crippen molar-refractivity contribution in [1.29, 1.82) is 0 Å². The maximum atomic E-state index is 10.5. The summed E-state index contributed by atoms with van der Waals surface area (Å²) in [5.41, 5.74) is 0.0861. The van der Waals surface area contributed by atoms with Crippen molar-refractivity contribution < 1.29 is 9.66 Å². The fourth-order valence-electron chi connectivity index (χ4n) is 1.49. The standard InChI is InChI=1S/C12H16BrNO3/c1-2-3-10(8-13)9-17-12-6-4-11(5-7-12)14(15)16/h4-7,10H,2-3,8-9H2,1H3. The number of nitro groups is 1. The molecule has 0 aliphatic heterocycles. The van der Waals surface area contributed by atoms with Crippen LogP contribution in [0.5, 0.6) is 5.75 Å². The van der Waals surface area contributed by atoms with Crippen molar-refractivity contribution in [3.63, 3.8) is 0 Å². The molecule has 0 bridgehead atoms. The molecule has 0 saturated carbocycles. The Hall–Kier alpha value is -1.10. The van der Waals surface area contributed by atoms with Gasteiger partial charge in [-0.3, -0.25) is 10.1 Å². The van der Waals surface area contributed by atoms with Crippen LogP contribution in [0.2, 0.25) is 0 Å². The third-order valence-electron chi connectivity index (χ3n) is 2.45. The van der Waals surface area contributed by atoms with E-state index in [-0.39, 0.29) is 5.69 Å². The summed E-state index contributed by atoms with van der Waals surface area (Å²) in [7, 11) is 0. The second-order valence-electron chi connectivity index (χ2n) is 3.87. The van der Waals surface area contributed by atoms with Gasteiger partial charge in [0.1, 0.15) is 5.75 Å². The van der Waals surface area contributed by atoms with Gasteiger partial charge in [0.05, 0.1) is 11.5 Å². The van der Waals surface area contributed by atoms with E-state index in [4.69, 9.17) is 4.74 Å². The molecule has 17 heavy (non-hydrogen) atoms. The van der Waals surface area contributed by atoms with Crippen molar-refractivity contribution >= 4 is 21.6 Å². The lowest BCUT2D eigenvalue weighted by Gasteiger charge is -2.14. The molecule has 0 amide bonds. The molecule has 94 valence electrons. The largest absolute Gasteiger partial charge is 0.493 e. The zero-order valence-corrected chi connectivity index (χ0v) is 11.4. The summed E-state index contributed by atoms with van der Waals surface area (Å²) in [6.07, 6.45) is 2.23. The van der Waals surface area contributed by atoms with Crippen LogP contribution in [-0.2, 0) is 0 Å². The van der Waals surface area contributed by atoms with E-state index in [0.717, 1.165) is 18.2 Å². The number of hydrogen-bond acceptors (Lipinski definition) is 3. The van der Waals surface area contributed by atoms with E-state index >= 15 is 0 Å². The van der Waals surface area contributed by atoms with Crippen molar-refractivity contribution in [1.82, 2.24) is 0 Å². The maximum absolute atomic E-state index is 10.5. The zero-order valence-electron chi connectivity index (χ0n) is 9.77. The lowest BCUT2D eigenvalue weighted by molar-refractivity contribution is -0.384. The third-order valence-corrected chi connectivity index (χ3v) is 3.36. The highest BCUT2D eigenvalue weighted by atomic mass is 79.9. The zero-order chi connectivity index (χ0) is 12.7. The number of non-ortho nitro benzene ring substituents is 1. The van der Waals surface area contributed by atoms with Crippen molar-refractivity contribution in [2.45, 2.75) is 19.8 Å². The molecule has 0 fully saturated rings. The molecule has 5 heteroatoms. The number of rotatable bonds is 7. The Morgan fingerprint density at radius 2 is 2.06 bits per heavy atom. The van der Waals surface area contributed by atoms with Crippen LogP contribution in [0.1, 0.15) is 19.8 Å². The molecule has 0 aliphatic carbocycles. The van der Waals surface area contributed by atoms with Crippen LogP contribution in [0.3, 0.4) is 0 Å². The van der Waals surface area contributed by atoms with Gasteiger partial charge in [-0.25, -0.2) is 0 Å². The van der Waals surface area contributed by atoms with Gasteiger partial charge < -0.3 is 4.74 Å². The number of ether oxygens (including phenoxy) is 1. The lowest BCUT2D eigenvalue weighted by Crippen LogP contribution is -2.13. The van der Waals surface area contributed by atoms with Crippen molar-refractivity contribution in [2.75, 3.05) is 11.9 Å². The predicted molar refractivity (Wildman–Crippen MR) is 70.8 cm³/mol. The van der Waals surface area contributed by atoms with Gasteiger partial charge in [-0.05, 0) is 18.6 Å². The fraction of sp³-hybridized carbons (Fsp3) is 0.500. The Kier molecular flexibility index (Phi) is 5.97. The van der Waals surface area contributed by atoms with Crippen LogP contribution in [0.25, 0.3) is 0 Å². The quantitative estimate of drug-likeness (QED) is 0.437. The molecule has 0 aliphatic rings. The summed E-state index contributed by atoms with van der Waals surface area (Å²) >= 11 is 3.45. The first kappa shape index (κ1) is 14.0. The van der Waals surface area contributed by atoms with E-state index in [1.165, 1.54) is 12.1 Å². The number of nitro benzene ring substituents is 1. The summed E-state index contributed by atoms with van der Waals surface area (Å²) in [5, 5.41) is 11.4. The minimum absolute atomic E-state index is 0.0861.